The number of Topliss-reactive ketones (excluding diaryl/α,β-unsaturated/α-hetero) is 1. The SMILES string of the molecule is CC(CCCl)CCN1C(=O)C(=O)c2cc(F)cc(Br)c21. The zero-order chi connectivity index (χ0) is 14.9. The van der Waals surface area contributed by atoms with Crippen molar-refractivity contribution in [3.8, 4) is 0 Å². The van der Waals surface area contributed by atoms with Crippen LogP contribution < -0.4 is 4.90 Å². The van der Waals surface area contributed by atoms with Gasteiger partial charge in [-0.25, -0.2) is 4.39 Å². The molecule has 0 aliphatic carbocycles. The Balaban J connectivity index is 2.24. The molecule has 2 rings (SSSR count). The Kier molecular flexibility index (Phi) is 4.81. The van der Waals surface area contributed by atoms with Crippen LogP contribution in [0, 0.1) is 11.7 Å². The van der Waals surface area contributed by atoms with Crippen LogP contribution in [0.4, 0.5) is 10.1 Å². The van der Waals surface area contributed by atoms with Gasteiger partial charge in [0.25, 0.3) is 11.7 Å². The van der Waals surface area contributed by atoms with Crippen molar-refractivity contribution >= 4 is 44.9 Å². The van der Waals surface area contributed by atoms with E-state index in [1.54, 1.807) is 0 Å². The molecule has 1 heterocycles. The third-order valence-corrected chi connectivity index (χ3v) is 4.25. The fraction of sp³-hybridized carbons (Fsp3) is 0.429. The summed E-state index contributed by atoms with van der Waals surface area (Å²) in [7, 11) is 0. The van der Waals surface area contributed by atoms with Crippen LogP contribution >= 0.6 is 27.5 Å². The summed E-state index contributed by atoms with van der Waals surface area (Å²) in [6.07, 6.45) is 1.60. The lowest BCUT2D eigenvalue weighted by Gasteiger charge is -2.20. The van der Waals surface area contributed by atoms with E-state index in [2.05, 4.69) is 15.9 Å². The van der Waals surface area contributed by atoms with Gasteiger partial charge < -0.3 is 4.90 Å². The van der Waals surface area contributed by atoms with Crippen molar-refractivity contribution in [1.29, 1.82) is 0 Å². The number of carbonyl (C=O) groups is 2. The summed E-state index contributed by atoms with van der Waals surface area (Å²) in [5, 5.41) is 0. The Morgan fingerprint density at radius 3 is 2.70 bits per heavy atom. The predicted molar refractivity (Wildman–Crippen MR) is 79.9 cm³/mol. The van der Waals surface area contributed by atoms with E-state index in [9.17, 15) is 14.0 Å². The lowest BCUT2D eigenvalue weighted by atomic mass is 10.1. The van der Waals surface area contributed by atoms with Gasteiger partial charge >= 0.3 is 0 Å². The topological polar surface area (TPSA) is 37.4 Å². The normalized spacial score (nSPS) is 15.7. The van der Waals surface area contributed by atoms with Gasteiger partial charge in [0.15, 0.2) is 0 Å². The first-order valence-electron chi connectivity index (χ1n) is 6.37. The van der Waals surface area contributed by atoms with Crippen LogP contribution in [0.25, 0.3) is 0 Å². The van der Waals surface area contributed by atoms with Gasteiger partial charge in [0.1, 0.15) is 5.82 Å². The summed E-state index contributed by atoms with van der Waals surface area (Å²) in [4.78, 5) is 25.3. The number of fused-ring (bicyclic) bond motifs is 1. The average Bonchev–Trinajstić information content (AvgIpc) is 2.61. The van der Waals surface area contributed by atoms with Gasteiger partial charge in [-0.15, -0.1) is 11.6 Å². The summed E-state index contributed by atoms with van der Waals surface area (Å²) in [6, 6.07) is 2.38. The molecule has 1 aliphatic rings. The Hall–Kier alpha value is -0.940. The average molecular weight is 363 g/mol. The zero-order valence-corrected chi connectivity index (χ0v) is 13.3. The molecule has 1 amide bonds. The van der Waals surface area contributed by atoms with Crippen molar-refractivity contribution in [2.24, 2.45) is 5.92 Å². The number of nitrogens with zero attached hydrogens (tertiary/aromatic N) is 1. The first kappa shape index (κ1) is 15.4. The quantitative estimate of drug-likeness (QED) is 0.590. The molecule has 20 heavy (non-hydrogen) atoms. The molecular formula is C14H14BrClFNO2. The largest absolute Gasteiger partial charge is 0.304 e. The minimum absolute atomic E-state index is 0.131. The highest BCUT2D eigenvalue weighted by Crippen LogP contribution is 2.37. The number of hydrogen-bond acceptors (Lipinski definition) is 2. The first-order chi connectivity index (χ1) is 9.45. The molecule has 3 nitrogen and oxygen atoms in total. The van der Waals surface area contributed by atoms with E-state index in [0.29, 0.717) is 28.5 Å². The molecule has 0 N–H and O–H groups in total. The lowest BCUT2D eigenvalue weighted by Crippen LogP contribution is -2.31. The number of carbonyl (C=O) groups excluding carboxylic acids is 2. The number of amides is 1. The highest BCUT2D eigenvalue weighted by Gasteiger charge is 2.37. The third-order valence-electron chi connectivity index (χ3n) is 3.43. The molecule has 1 aromatic rings. The van der Waals surface area contributed by atoms with Crippen LogP contribution in [0.3, 0.4) is 0 Å². The molecule has 0 aromatic heterocycles. The number of rotatable bonds is 5. The van der Waals surface area contributed by atoms with Crippen molar-refractivity contribution in [2.45, 2.75) is 19.8 Å². The fourth-order valence-electron chi connectivity index (χ4n) is 2.25. The highest BCUT2D eigenvalue weighted by molar-refractivity contribution is 9.10. The second-order valence-electron chi connectivity index (χ2n) is 4.94. The smallest absolute Gasteiger partial charge is 0.299 e. The number of halogens is 3. The fourth-order valence-corrected chi connectivity index (χ4v) is 3.26. The molecule has 108 valence electrons. The maximum absolute atomic E-state index is 13.3. The lowest BCUT2D eigenvalue weighted by molar-refractivity contribution is -0.114. The van der Waals surface area contributed by atoms with Gasteiger partial charge in [-0.2, -0.15) is 0 Å². The standard InChI is InChI=1S/C14H14BrClFNO2/c1-8(2-4-16)3-5-18-12-10(13(19)14(18)20)6-9(17)7-11(12)15/h6-8H,2-5H2,1H3. The molecule has 1 unspecified atom stereocenters. The van der Waals surface area contributed by atoms with E-state index in [0.717, 1.165) is 18.9 Å². The molecule has 1 aliphatic heterocycles. The molecule has 0 saturated heterocycles. The van der Waals surface area contributed by atoms with Crippen LogP contribution in [0.1, 0.15) is 30.1 Å². The molecule has 0 bridgehead atoms. The number of alkyl halides is 1. The van der Waals surface area contributed by atoms with Crippen LogP contribution in [0.5, 0.6) is 0 Å². The molecule has 0 spiro atoms. The molecule has 6 heteroatoms. The second kappa shape index (κ2) is 6.22. The summed E-state index contributed by atoms with van der Waals surface area (Å²) in [5.74, 6) is -0.845. The second-order valence-corrected chi connectivity index (χ2v) is 6.17. The van der Waals surface area contributed by atoms with E-state index in [1.165, 1.54) is 11.0 Å². The maximum Gasteiger partial charge on any atom is 0.299 e. The minimum Gasteiger partial charge on any atom is -0.304 e. The molecule has 0 fully saturated rings. The van der Waals surface area contributed by atoms with E-state index in [-0.39, 0.29) is 5.56 Å². The minimum atomic E-state index is -0.648. The third kappa shape index (κ3) is 2.88. The van der Waals surface area contributed by atoms with Gasteiger partial charge in [0, 0.05) is 16.9 Å². The van der Waals surface area contributed by atoms with Gasteiger partial charge in [0.05, 0.1) is 11.3 Å². The number of benzene rings is 1. The summed E-state index contributed by atoms with van der Waals surface area (Å²) >= 11 is 8.91. The van der Waals surface area contributed by atoms with Crippen LogP contribution in [0.2, 0.25) is 0 Å². The van der Waals surface area contributed by atoms with Gasteiger partial charge in [0.2, 0.25) is 0 Å². The van der Waals surface area contributed by atoms with E-state index in [1.807, 2.05) is 6.92 Å². The maximum atomic E-state index is 13.3. The monoisotopic (exact) mass is 361 g/mol. The summed E-state index contributed by atoms with van der Waals surface area (Å²) in [5.41, 5.74) is 0.603. The first-order valence-corrected chi connectivity index (χ1v) is 7.69. The van der Waals surface area contributed by atoms with Crippen molar-refractivity contribution in [1.82, 2.24) is 0 Å². The Morgan fingerprint density at radius 1 is 1.35 bits per heavy atom. The molecular weight excluding hydrogens is 349 g/mol. The van der Waals surface area contributed by atoms with Crippen molar-refractivity contribution < 1.29 is 14.0 Å². The molecule has 1 aromatic carbocycles. The molecule has 1 atom stereocenters. The van der Waals surface area contributed by atoms with Gasteiger partial charge in [-0.1, -0.05) is 6.92 Å². The van der Waals surface area contributed by atoms with Crippen LogP contribution in [-0.2, 0) is 4.79 Å². The highest BCUT2D eigenvalue weighted by atomic mass is 79.9. The van der Waals surface area contributed by atoms with Crippen molar-refractivity contribution in [3.05, 3.63) is 28.0 Å². The summed E-state index contributed by atoms with van der Waals surface area (Å²) in [6.45, 7) is 2.48. The van der Waals surface area contributed by atoms with Crippen LogP contribution in [-0.4, -0.2) is 24.1 Å². The Labute approximate surface area is 130 Å². The van der Waals surface area contributed by atoms with Gasteiger partial charge in [-0.3, -0.25) is 9.59 Å². The number of ketones is 1. The van der Waals surface area contributed by atoms with Crippen LogP contribution in [0.15, 0.2) is 16.6 Å². The molecule has 0 radical (unpaired) electrons. The summed E-state index contributed by atoms with van der Waals surface area (Å²) < 4.78 is 13.8. The Morgan fingerprint density at radius 2 is 2.05 bits per heavy atom. The number of anilines is 1. The number of hydrogen-bond donors (Lipinski definition) is 0. The zero-order valence-electron chi connectivity index (χ0n) is 11.0. The van der Waals surface area contributed by atoms with Crippen molar-refractivity contribution in [3.63, 3.8) is 0 Å². The molecule has 0 saturated carbocycles. The van der Waals surface area contributed by atoms with Gasteiger partial charge in [-0.05, 0) is 46.8 Å². The van der Waals surface area contributed by atoms with Crippen molar-refractivity contribution in [2.75, 3.05) is 17.3 Å². The van der Waals surface area contributed by atoms with E-state index < -0.39 is 17.5 Å². The van der Waals surface area contributed by atoms with E-state index in [4.69, 9.17) is 11.6 Å². The van der Waals surface area contributed by atoms with E-state index >= 15 is 0 Å². The predicted octanol–water partition coefficient (Wildman–Crippen LogP) is 3.77. The Bertz CT molecular complexity index is 564.